The second-order valence-electron chi connectivity index (χ2n) is 6.57. The lowest BCUT2D eigenvalue weighted by Gasteiger charge is -2.12. The molecule has 5 nitrogen and oxygen atoms in total. The van der Waals surface area contributed by atoms with Crippen LogP contribution in [0.5, 0.6) is 0 Å². The average Bonchev–Trinajstić information content (AvgIpc) is 2.74. The Labute approximate surface area is 186 Å². The quantitative estimate of drug-likeness (QED) is 0.322. The first-order valence-corrected chi connectivity index (χ1v) is 9.90. The maximum atomic E-state index is 13.7. The van der Waals surface area contributed by atoms with Crippen LogP contribution in [0.2, 0.25) is 5.02 Å². The van der Waals surface area contributed by atoms with Crippen LogP contribution in [-0.4, -0.2) is 11.0 Å². The highest BCUT2D eigenvalue weighted by Gasteiger charge is 2.14. The van der Waals surface area contributed by atoms with Crippen molar-refractivity contribution >= 4 is 51.5 Å². The zero-order chi connectivity index (χ0) is 22.0. The molecule has 8 heteroatoms. The van der Waals surface area contributed by atoms with Crippen LogP contribution in [0.4, 0.5) is 10.1 Å². The number of rotatable bonds is 3. The number of nitrogens with one attached hydrogen (secondary N) is 2. The lowest BCUT2D eigenvalue weighted by molar-refractivity contribution is 0.0974. The van der Waals surface area contributed by atoms with Gasteiger partial charge in [-0.25, -0.2) is 9.18 Å². The smallest absolute Gasteiger partial charge is 0.344 e. The predicted molar refractivity (Wildman–Crippen MR) is 123 cm³/mol. The van der Waals surface area contributed by atoms with Gasteiger partial charge in [-0.1, -0.05) is 48.0 Å². The molecule has 1 amide bonds. The van der Waals surface area contributed by atoms with Crippen LogP contribution in [-0.2, 0) is 0 Å². The molecule has 4 rings (SSSR count). The number of thiocarbonyl (C=S) groups is 1. The molecule has 2 N–H and O–H groups in total. The topological polar surface area (TPSA) is 71.3 Å². The van der Waals surface area contributed by atoms with E-state index in [1.165, 1.54) is 18.2 Å². The van der Waals surface area contributed by atoms with Crippen molar-refractivity contribution in [2.24, 2.45) is 0 Å². The molecule has 0 saturated heterocycles. The van der Waals surface area contributed by atoms with Crippen LogP contribution in [0.1, 0.15) is 10.4 Å². The van der Waals surface area contributed by atoms with E-state index in [1.54, 1.807) is 42.5 Å². The first-order valence-electron chi connectivity index (χ1n) is 9.12. The van der Waals surface area contributed by atoms with Gasteiger partial charge in [0.2, 0.25) is 0 Å². The van der Waals surface area contributed by atoms with E-state index in [-0.39, 0.29) is 15.7 Å². The zero-order valence-electron chi connectivity index (χ0n) is 15.8. The molecule has 1 heterocycles. The van der Waals surface area contributed by atoms with Gasteiger partial charge in [-0.2, -0.15) is 0 Å². The van der Waals surface area contributed by atoms with E-state index in [1.807, 2.05) is 12.1 Å². The molecular formula is C23H14ClFN2O3S. The molecule has 0 spiro atoms. The van der Waals surface area contributed by atoms with Gasteiger partial charge in [-0.3, -0.25) is 10.1 Å². The molecule has 154 valence electrons. The van der Waals surface area contributed by atoms with Crippen LogP contribution in [0.3, 0.4) is 0 Å². The van der Waals surface area contributed by atoms with Gasteiger partial charge in [0.05, 0.1) is 16.1 Å². The molecule has 0 aliphatic carbocycles. The number of amides is 1. The Hall–Kier alpha value is -3.55. The van der Waals surface area contributed by atoms with Crippen LogP contribution in [0, 0.1) is 5.82 Å². The summed E-state index contributed by atoms with van der Waals surface area (Å²) < 4.78 is 19.1. The fraction of sp³-hybridized carbons (Fsp3) is 0. The highest BCUT2D eigenvalue weighted by atomic mass is 35.5. The van der Waals surface area contributed by atoms with Crippen molar-refractivity contribution in [1.29, 1.82) is 0 Å². The summed E-state index contributed by atoms with van der Waals surface area (Å²) >= 11 is 11.5. The molecule has 0 bridgehead atoms. The zero-order valence-corrected chi connectivity index (χ0v) is 17.4. The highest BCUT2D eigenvalue weighted by molar-refractivity contribution is 7.80. The van der Waals surface area contributed by atoms with Crippen LogP contribution < -0.4 is 16.3 Å². The second kappa shape index (κ2) is 8.67. The van der Waals surface area contributed by atoms with E-state index < -0.39 is 17.3 Å². The Balaban J connectivity index is 1.53. The van der Waals surface area contributed by atoms with E-state index in [0.29, 0.717) is 22.4 Å². The fourth-order valence-corrected chi connectivity index (χ4v) is 3.53. The number of benzene rings is 3. The van der Waals surface area contributed by atoms with Crippen molar-refractivity contribution in [3.05, 3.63) is 99.6 Å². The number of carbonyl (C=O) groups is 1. The van der Waals surface area contributed by atoms with Gasteiger partial charge in [0.25, 0.3) is 5.91 Å². The average molecular weight is 453 g/mol. The fourth-order valence-electron chi connectivity index (χ4n) is 3.04. The molecular weight excluding hydrogens is 439 g/mol. The number of hydrogen-bond acceptors (Lipinski definition) is 4. The molecule has 0 fully saturated rings. The SMILES string of the molecule is O=C(NC(=S)Nc1ccc(-c2cc3ccccc3oc2=O)c(Cl)c1)c1ccccc1F. The van der Waals surface area contributed by atoms with Crippen molar-refractivity contribution < 1.29 is 13.6 Å². The Morgan fingerprint density at radius 2 is 1.71 bits per heavy atom. The number of hydrogen-bond donors (Lipinski definition) is 2. The molecule has 0 radical (unpaired) electrons. The Kier molecular flexibility index (Phi) is 5.79. The molecule has 0 aliphatic rings. The molecule has 1 aromatic heterocycles. The van der Waals surface area contributed by atoms with Crippen molar-refractivity contribution in [2.75, 3.05) is 5.32 Å². The summed E-state index contributed by atoms with van der Waals surface area (Å²) in [6.07, 6.45) is 0. The summed E-state index contributed by atoms with van der Waals surface area (Å²) in [6, 6.07) is 19.3. The van der Waals surface area contributed by atoms with Gasteiger partial charge in [0.1, 0.15) is 11.4 Å². The molecule has 0 saturated carbocycles. The van der Waals surface area contributed by atoms with E-state index in [2.05, 4.69) is 10.6 Å². The van der Waals surface area contributed by atoms with E-state index in [0.717, 1.165) is 5.39 Å². The number of fused-ring (bicyclic) bond motifs is 1. The van der Waals surface area contributed by atoms with Crippen LogP contribution in [0.15, 0.2) is 82.0 Å². The number of carbonyl (C=O) groups excluding carboxylic acids is 1. The molecule has 4 aromatic rings. The minimum Gasteiger partial charge on any atom is -0.422 e. The maximum Gasteiger partial charge on any atom is 0.344 e. The summed E-state index contributed by atoms with van der Waals surface area (Å²) in [5, 5.41) is 6.26. The summed E-state index contributed by atoms with van der Waals surface area (Å²) in [4.78, 5) is 24.6. The third-order valence-electron chi connectivity index (χ3n) is 4.50. The Bertz CT molecular complexity index is 1390. The standard InChI is InChI=1S/C23H14ClFN2O3S/c24-18-12-14(26-23(31)27-21(28)16-6-2-3-7-19(16)25)9-10-15(18)17-11-13-5-1-4-8-20(13)30-22(17)29/h1-12H,(H2,26,27,28,31). The van der Waals surface area contributed by atoms with Crippen LogP contribution >= 0.6 is 23.8 Å². The third-order valence-corrected chi connectivity index (χ3v) is 5.02. The molecule has 0 atom stereocenters. The van der Waals surface area contributed by atoms with Gasteiger partial charge >= 0.3 is 5.63 Å². The number of anilines is 1. The van der Waals surface area contributed by atoms with Crippen LogP contribution in [0.25, 0.3) is 22.1 Å². The van der Waals surface area contributed by atoms with Gasteiger partial charge in [-0.05, 0) is 48.6 Å². The van der Waals surface area contributed by atoms with Crippen molar-refractivity contribution in [3.63, 3.8) is 0 Å². The minimum atomic E-state index is -0.674. The third kappa shape index (κ3) is 4.47. The Morgan fingerprint density at radius 1 is 0.968 bits per heavy atom. The van der Waals surface area contributed by atoms with Gasteiger partial charge in [0, 0.05) is 16.6 Å². The molecule has 0 unspecified atom stereocenters. The monoisotopic (exact) mass is 452 g/mol. The van der Waals surface area contributed by atoms with Gasteiger partial charge in [-0.15, -0.1) is 0 Å². The summed E-state index contributed by atoms with van der Waals surface area (Å²) in [6.45, 7) is 0. The van der Waals surface area contributed by atoms with E-state index in [4.69, 9.17) is 28.2 Å². The predicted octanol–water partition coefficient (Wildman–Crippen LogP) is 5.38. The summed E-state index contributed by atoms with van der Waals surface area (Å²) in [7, 11) is 0. The molecule has 3 aromatic carbocycles. The second-order valence-corrected chi connectivity index (χ2v) is 7.38. The molecule has 31 heavy (non-hydrogen) atoms. The van der Waals surface area contributed by atoms with E-state index in [9.17, 15) is 14.0 Å². The van der Waals surface area contributed by atoms with Crippen molar-refractivity contribution in [1.82, 2.24) is 5.32 Å². The summed E-state index contributed by atoms with van der Waals surface area (Å²) in [5.74, 6) is -1.32. The number of halogens is 2. The largest absolute Gasteiger partial charge is 0.422 e. The van der Waals surface area contributed by atoms with Crippen molar-refractivity contribution in [3.8, 4) is 11.1 Å². The normalized spacial score (nSPS) is 10.6. The Morgan fingerprint density at radius 3 is 2.48 bits per heavy atom. The minimum absolute atomic E-state index is 0.0257. The molecule has 0 aliphatic heterocycles. The maximum absolute atomic E-state index is 13.7. The highest BCUT2D eigenvalue weighted by Crippen LogP contribution is 2.30. The van der Waals surface area contributed by atoms with Gasteiger partial charge < -0.3 is 9.73 Å². The van der Waals surface area contributed by atoms with Crippen molar-refractivity contribution in [2.45, 2.75) is 0 Å². The first kappa shape index (κ1) is 20.7. The number of para-hydroxylation sites is 1. The van der Waals surface area contributed by atoms with Gasteiger partial charge in [0.15, 0.2) is 5.11 Å². The van der Waals surface area contributed by atoms with E-state index >= 15 is 0 Å². The first-order chi connectivity index (χ1) is 14.9. The lowest BCUT2D eigenvalue weighted by Crippen LogP contribution is -2.34. The summed E-state index contributed by atoms with van der Waals surface area (Å²) in [5.41, 5.74) is 1.16. The lowest BCUT2D eigenvalue weighted by atomic mass is 10.1.